The van der Waals surface area contributed by atoms with E-state index in [4.69, 9.17) is 4.12 Å². The second kappa shape index (κ2) is 10.8. The van der Waals surface area contributed by atoms with Gasteiger partial charge in [0.05, 0.1) is 0 Å². The van der Waals surface area contributed by atoms with E-state index in [1.165, 1.54) is 50.6 Å². The van der Waals surface area contributed by atoms with E-state index in [9.17, 15) is 0 Å². The first kappa shape index (κ1) is 21.4. The molecular formula is C14H34OPtSi2. The van der Waals surface area contributed by atoms with Gasteiger partial charge in [-0.05, 0) is 38.3 Å². The standard InChI is InChI=1S/C14H34OSi2.Pt/c1-7-9-11-13-17(6,14-12-10-8-2)15-16(3,4)5;/h7-14H2,1-6H3;. The Kier molecular flexibility index (Phi) is 12.9. The molecule has 0 aliphatic rings. The second-order valence-corrected chi connectivity index (χ2v) is 15.5. The first-order valence-electron chi connectivity index (χ1n) is 7.53. The van der Waals surface area contributed by atoms with Crippen molar-refractivity contribution in [1.29, 1.82) is 0 Å². The molecular weight excluding hydrogens is 435 g/mol. The second-order valence-electron chi connectivity index (χ2n) is 6.58. The summed E-state index contributed by atoms with van der Waals surface area (Å²) < 4.78 is 6.60. The molecule has 0 amide bonds. The van der Waals surface area contributed by atoms with Crippen molar-refractivity contribution in [3.63, 3.8) is 0 Å². The van der Waals surface area contributed by atoms with Crippen molar-refractivity contribution in [1.82, 2.24) is 0 Å². The van der Waals surface area contributed by atoms with Gasteiger partial charge in [0.2, 0.25) is 0 Å². The van der Waals surface area contributed by atoms with Gasteiger partial charge in [-0.1, -0.05) is 52.4 Å². The largest absolute Gasteiger partial charge is 0.456 e. The van der Waals surface area contributed by atoms with Crippen LogP contribution in [0.15, 0.2) is 0 Å². The number of hydrogen-bond donors (Lipinski definition) is 0. The van der Waals surface area contributed by atoms with E-state index < -0.39 is 16.6 Å². The summed E-state index contributed by atoms with van der Waals surface area (Å²) in [6.07, 6.45) is 8.18. The Morgan fingerprint density at radius 2 is 1.11 bits per heavy atom. The van der Waals surface area contributed by atoms with Gasteiger partial charge >= 0.3 is 0 Å². The molecule has 0 N–H and O–H groups in total. The summed E-state index contributed by atoms with van der Waals surface area (Å²) >= 11 is 0. The maximum absolute atomic E-state index is 6.60. The molecule has 0 saturated heterocycles. The molecule has 0 aromatic carbocycles. The van der Waals surface area contributed by atoms with E-state index in [1.54, 1.807) is 0 Å². The molecule has 0 rings (SSSR count). The Balaban J connectivity index is 0. The van der Waals surface area contributed by atoms with Crippen molar-refractivity contribution in [2.75, 3.05) is 0 Å². The Bertz CT molecular complexity index is 183. The van der Waals surface area contributed by atoms with Gasteiger partial charge in [0.15, 0.2) is 16.6 Å². The maximum Gasteiger partial charge on any atom is 0.176 e. The zero-order valence-electron chi connectivity index (χ0n) is 13.4. The molecule has 0 aliphatic heterocycles. The molecule has 18 heavy (non-hydrogen) atoms. The van der Waals surface area contributed by atoms with Crippen molar-refractivity contribution in [3.05, 3.63) is 0 Å². The van der Waals surface area contributed by atoms with E-state index in [-0.39, 0.29) is 21.1 Å². The van der Waals surface area contributed by atoms with Gasteiger partial charge in [0.1, 0.15) is 0 Å². The molecule has 0 bridgehead atoms. The first-order chi connectivity index (χ1) is 7.83. The van der Waals surface area contributed by atoms with Gasteiger partial charge in [-0.3, -0.25) is 0 Å². The quantitative estimate of drug-likeness (QED) is 0.291. The summed E-state index contributed by atoms with van der Waals surface area (Å²) in [4.78, 5) is 0. The number of rotatable bonds is 10. The third kappa shape index (κ3) is 12.1. The Hall–Kier alpha value is 1.08. The first-order valence-corrected chi connectivity index (χ1v) is 13.8. The summed E-state index contributed by atoms with van der Waals surface area (Å²) in [5, 5.41) is 0. The van der Waals surface area contributed by atoms with Crippen LogP contribution in [0.25, 0.3) is 0 Å². The number of unbranched alkanes of at least 4 members (excludes halogenated alkanes) is 4. The topological polar surface area (TPSA) is 9.23 Å². The minimum Gasteiger partial charge on any atom is -0.456 e. The van der Waals surface area contributed by atoms with E-state index in [2.05, 4.69) is 40.0 Å². The van der Waals surface area contributed by atoms with Crippen LogP contribution in [0.4, 0.5) is 0 Å². The molecule has 114 valence electrons. The molecule has 0 radical (unpaired) electrons. The summed E-state index contributed by atoms with van der Waals surface area (Å²) in [5.41, 5.74) is 0. The van der Waals surface area contributed by atoms with Crippen LogP contribution in [0.2, 0.25) is 38.3 Å². The minimum absolute atomic E-state index is 0. The van der Waals surface area contributed by atoms with Crippen LogP contribution in [0.5, 0.6) is 0 Å². The zero-order valence-corrected chi connectivity index (χ0v) is 17.7. The van der Waals surface area contributed by atoms with Gasteiger partial charge < -0.3 is 4.12 Å². The molecule has 1 nitrogen and oxygen atoms in total. The molecule has 0 spiro atoms. The van der Waals surface area contributed by atoms with E-state index in [1.807, 2.05) is 0 Å². The Morgan fingerprint density at radius 1 is 0.722 bits per heavy atom. The van der Waals surface area contributed by atoms with Crippen molar-refractivity contribution in [2.24, 2.45) is 0 Å². The molecule has 0 aliphatic carbocycles. The average molecular weight is 470 g/mol. The Morgan fingerprint density at radius 3 is 1.39 bits per heavy atom. The third-order valence-corrected chi connectivity index (χ3v) is 10.4. The van der Waals surface area contributed by atoms with Crippen molar-refractivity contribution in [3.8, 4) is 0 Å². The van der Waals surface area contributed by atoms with Gasteiger partial charge in [-0.25, -0.2) is 0 Å². The van der Waals surface area contributed by atoms with Crippen LogP contribution in [0, 0.1) is 0 Å². The SMILES string of the molecule is CCCCC[Si](C)(CCCCC)O[Si](C)(C)C.[Pt]. The summed E-state index contributed by atoms with van der Waals surface area (Å²) in [7, 11) is -2.75. The van der Waals surface area contributed by atoms with Crippen LogP contribution in [0.3, 0.4) is 0 Å². The van der Waals surface area contributed by atoms with Crippen LogP contribution in [-0.4, -0.2) is 16.6 Å². The molecule has 4 heteroatoms. The monoisotopic (exact) mass is 469 g/mol. The number of hydrogen-bond acceptors (Lipinski definition) is 1. The van der Waals surface area contributed by atoms with Crippen molar-refractivity contribution >= 4 is 16.6 Å². The van der Waals surface area contributed by atoms with Gasteiger partial charge in [0, 0.05) is 21.1 Å². The third-order valence-electron chi connectivity index (χ3n) is 3.17. The molecule has 0 aromatic rings. The summed E-state index contributed by atoms with van der Waals surface area (Å²) in [6, 6.07) is 2.77. The molecule has 0 atom stereocenters. The summed E-state index contributed by atoms with van der Waals surface area (Å²) in [5.74, 6) is 0. The fourth-order valence-electron chi connectivity index (χ4n) is 2.46. The fraction of sp³-hybridized carbons (Fsp3) is 1.00. The summed E-state index contributed by atoms with van der Waals surface area (Å²) in [6.45, 7) is 14.1. The van der Waals surface area contributed by atoms with Crippen LogP contribution in [-0.2, 0) is 25.2 Å². The molecule has 0 saturated carbocycles. The minimum atomic E-state index is -1.40. The van der Waals surface area contributed by atoms with Gasteiger partial charge in [-0.15, -0.1) is 0 Å². The predicted octanol–water partition coefficient (Wildman–Crippen LogP) is 5.79. The van der Waals surface area contributed by atoms with Crippen LogP contribution in [0.1, 0.15) is 52.4 Å². The fourth-order valence-corrected chi connectivity index (χ4v) is 11.4. The van der Waals surface area contributed by atoms with Gasteiger partial charge in [-0.2, -0.15) is 0 Å². The van der Waals surface area contributed by atoms with Crippen molar-refractivity contribution < 1.29 is 25.2 Å². The normalized spacial score (nSPS) is 12.3. The molecule has 0 fully saturated rings. The smallest absolute Gasteiger partial charge is 0.176 e. The van der Waals surface area contributed by atoms with E-state index in [0.29, 0.717) is 0 Å². The van der Waals surface area contributed by atoms with Crippen LogP contribution >= 0.6 is 0 Å². The zero-order chi connectivity index (χ0) is 13.4. The molecule has 0 unspecified atom stereocenters. The van der Waals surface area contributed by atoms with E-state index >= 15 is 0 Å². The molecule has 0 heterocycles. The predicted molar refractivity (Wildman–Crippen MR) is 84.7 cm³/mol. The average Bonchev–Trinajstić information content (AvgIpc) is 2.15. The molecule has 0 aromatic heterocycles. The van der Waals surface area contributed by atoms with Crippen molar-refractivity contribution in [2.45, 2.75) is 90.6 Å². The Labute approximate surface area is 132 Å². The maximum atomic E-state index is 6.60. The van der Waals surface area contributed by atoms with Gasteiger partial charge in [0.25, 0.3) is 0 Å². The van der Waals surface area contributed by atoms with E-state index in [0.717, 1.165) is 0 Å². The van der Waals surface area contributed by atoms with Crippen LogP contribution < -0.4 is 0 Å².